The Morgan fingerprint density at radius 1 is 1.39 bits per heavy atom. The minimum absolute atomic E-state index is 0.00319. The third-order valence-electron chi connectivity index (χ3n) is 1.79. The first-order valence-electron chi connectivity index (χ1n) is 5.16. The zero-order valence-corrected chi connectivity index (χ0v) is 12.7. The number of esters is 1. The molecule has 0 saturated heterocycles. The normalized spacial score (nSPS) is 12.2. The molecule has 0 amide bonds. The average molecular weight is 336 g/mol. The number of sulfone groups is 1. The molecule has 18 heavy (non-hydrogen) atoms. The fourth-order valence-electron chi connectivity index (χ4n) is 1.16. The van der Waals surface area contributed by atoms with E-state index in [1.54, 1.807) is 20.8 Å². The van der Waals surface area contributed by atoms with Crippen LogP contribution >= 0.6 is 15.9 Å². The Kier molecular flexibility index (Phi) is 4.50. The van der Waals surface area contributed by atoms with Crippen molar-refractivity contribution in [1.29, 1.82) is 0 Å². The molecule has 0 atom stereocenters. The zero-order chi connectivity index (χ0) is 14.0. The molecule has 0 unspecified atom stereocenters. The summed E-state index contributed by atoms with van der Waals surface area (Å²) in [5.74, 6) is -1.46. The summed E-state index contributed by atoms with van der Waals surface area (Å²) in [6.07, 6.45) is 1.20. The summed E-state index contributed by atoms with van der Waals surface area (Å²) in [6, 6.07) is 2.89. The summed E-state index contributed by atoms with van der Waals surface area (Å²) in [5.41, 5.74) is -0.704. The van der Waals surface area contributed by atoms with Crippen LogP contribution in [0.5, 0.6) is 0 Å². The highest BCUT2D eigenvalue weighted by atomic mass is 79.9. The lowest BCUT2D eigenvalue weighted by atomic mass is 10.2. The van der Waals surface area contributed by atoms with Crippen molar-refractivity contribution in [3.8, 4) is 0 Å². The summed E-state index contributed by atoms with van der Waals surface area (Å²) in [7, 11) is -3.71. The van der Waals surface area contributed by atoms with Gasteiger partial charge in [0.1, 0.15) is 10.2 Å². The molecule has 0 saturated carbocycles. The van der Waals surface area contributed by atoms with Gasteiger partial charge in [0.15, 0.2) is 15.6 Å². The number of carbonyl (C=O) groups is 1. The van der Waals surface area contributed by atoms with E-state index >= 15 is 0 Å². The zero-order valence-electron chi connectivity index (χ0n) is 10.3. The molecule has 0 aliphatic heterocycles. The summed E-state index contributed by atoms with van der Waals surface area (Å²) in [6.45, 7) is 5.04. The van der Waals surface area contributed by atoms with Crippen molar-refractivity contribution < 1.29 is 17.9 Å². The number of pyridine rings is 1. The molecule has 0 spiro atoms. The van der Waals surface area contributed by atoms with E-state index in [4.69, 9.17) is 4.74 Å². The van der Waals surface area contributed by atoms with Crippen LogP contribution in [-0.4, -0.2) is 30.7 Å². The van der Waals surface area contributed by atoms with E-state index in [-0.39, 0.29) is 4.90 Å². The van der Waals surface area contributed by atoms with Gasteiger partial charge in [0.2, 0.25) is 0 Å². The van der Waals surface area contributed by atoms with Crippen LogP contribution in [0.3, 0.4) is 0 Å². The maximum Gasteiger partial charge on any atom is 0.322 e. The molecule has 7 heteroatoms. The molecule has 1 aromatic rings. The van der Waals surface area contributed by atoms with Gasteiger partial charge in [-0.2, -0.15) is 0 Å². The Labute approximate surface area is 115 Å². The highest BCUT2D eigenvalue weighted by Gasteiger charge is 2.24. The predicted octanol–water partition coefficient (Wildman–Crippen LogP) is 1.96. The molecule has 0 aliphatic rings. The number of carbonyl (C=O) groups excluding carboxylic acids is 1. The molecule has 100 valence electrons. The van der Waals surface area contributed by atoms with Gasteiger partial charge in [0.05, 0.1) is 4.90 Å². The number of rotatable bonds is 3. The van der Waals surface area contributed by atoms with Gasteiger partial charge in [-0.1, -0.05) is 0 Å². The predicted molar refractivity (Wildman–Crippen MR) is 69.8 cm³/mol. The van der Waals surface area contributed by atoms with E-state index in [2.05, 4.69) is 20.9 Å². The van der Waals surface area contributed by atoms with Crippen LogP contribution in [0.2, 0.25) is 0 Å². The Morgan fingerprint density at radius 2 is 2.00 bits per heavy atom. The van der Waals surface area contributed by atoms with E-state index in [1.807, 2.05) is 0 Å². The fourth-order valence-corrected chi connectivity index (χ4v) is 2.41. The topological polar surface area (TPSA) is 73.3 Å². The lowest BCUT2D eigenvalue weighted by Gasteiger charge is -2.19. The third-order valence-corrected chi connectivity index (χ3v) is 3.83. The number of ether oxygens (including phenoxy) is 1. The Morgan fingerprint density at radius 3 is 2.44 bits per heavy atom. The van der Waals surface area contributed by atoms with E-state index in [1.165, 1.54) is 18.3 Å². The Bertz CT molecular complexity index is 531. The van der Waals surface area contributed by atoms with Crippen molar-refractivity contribution in [2.24, 2.45) is 0 Å². The highest BCUT2D eigenvalue weighted by Crippen LogP contribution is 2.15. The Balaban J connectivity index is 2.83. The second-order valence-electron chi connectivity index (χ2n) is 4.66. The second-order valence-corrected chi connectivity index (χ2v) is 7.46. The molecule has 1 aromatic heterocycles. The van der Waals surface area contributed by atoms with Gasteiger partial charge in [-0.3, -0.25) is 4.79 Å². The number of aromatic nitrogens is 1. The van der Waals surface area contributed by atoms with Crippen molar-refractivity contribution in [2.45, 2.75) is 31.3 Å². The van der Waals surface area contributed by atoms with Gasteiger partial charge in [0, 0.05) is 6.20 Å². The third kappa shape index (κ3) is 4.73. The van der Waals surface area contributed by atoms with Crippen LogP contribution in [0.4, 0.5) is 0 Å². The van der Waals surface area contributed by atoms with Crippen LogP contribution in [0.25, 0.3) is 0 Å². The van der Waals surface area contributed by atoms with E-state index in [0.29, 0.717) is 4.60 Å². The molecular weight excluding hydrogens is 322 g/mol. The van der Waals surface area contributed by atoms with Crippen molar-refractivity contribution in [3.05, 3.63) is 22.9 Å². The number of halogens is 1. The molecule has 0 radical (unpaired) electrons. The molecule has 0 N–H and O–H groups in total. The SMILES string of the molecule is CC(C)(C)OC(=O)CS(=O)(=O)c1ccc(Br)nc1. The van der Waals surface area contributed by atoms with Gasteiger partial charge in [-0.15, -0.1) is 0 Å². The summed E-state index contributed by atoms with van der Waals surface area (Å²) in [4.78, 5) is 15.3. The number of hydrogen-bond acceptors (Lipinski definition) is 5. The maximum atomic E-state index is 11.9. The van der Waals surface area contributed by atoms with Crippen molar-refractivity contribution in [2.75, 3.05) is 5.75 Å². The minimum Gasteiger partial charge on any atom is -0.459 e. The number of nitrogens with zero attached hydrogens (tertiary/aromatic N) is 1. The Hall–Kier alpha value is -0.950. The largest absolute Gasteiger partial charge is 0.459 e. The molecule has 0 bridgehead atoms. The van der Waals surface area contributed by atoms with E-state index in [0.717, 1.165) is 0 Å². The molecule has 5 nitrogen and oxygen atoms in total. The maximum absolute atomic E-state index is 11.9. The van der Waals surface area contributed by atoms with Crippen LogP contribution < -0.4 is 0 Å². The average Bonchev–Trinajstić information content (AvgIpc) is 2.13. The lowest BCUT2D eigenvalue weighted by molar-refractivity contribution is -0.151. The van der Waals surface area contributed by atoms with Crippen LogP contribution in [-0.2, 0) is 19.4 Å². The number of hydrogen-bond donors (Lipinski definition) is 0. The van der Waals surface area contributed by atoms with Gasteiger partial charge in [0.25, 0.3) is 0 Å². The van der Waals surface area contributed by atoms with E-state index in [9.17, 15) is 13.2 Å². The first-order valence-corrected chi connectivity index (χ1v) is 7.61. The molecule has 1 heterocycles. The summed E-state index contributed by atoms with van der Waals surface area (Å²) in [5, 5.41) is 0. The molecule has 0 aliphatic carbocycles. The summed E-state index contributed by atoms with van der Waals surface area (Å²) >= 11 is 3.11. The first-order chi connectivity index (χ1) is 8.10. The minimum atomic E-state index is -3.71. The van der Waals surface area contributed by atoms with Crippen molar-refractivity contribution in [3.63, 3.8) is 0 Å². The molecule has 0 aromatic carbocycles. The smallest absolute Gasteiger partial charge is 0.322 e. The molecular formula is C11H14BrNO4S. The van der Waals surface area contributed by atoms with Crippen molar-refractivity contribution in [1.82, 2.24) is 4.98 Å². The van der Waals surface area contributed by atoms with Crippen LogP contribution in [0.15, 0.2) is 27.8 Å². The van der Waals surface area contributed by atoms with Gasteiger partial charge in [-0.25, -0.2) is 13.4 Å². The van der Waals surface area contributed by atoms with Crippen LogP contribution in [0, 0.1) is 0 Å². The summed E-state index contributed by atoms with van der Waals surface area (Å²) < 4.78 is 29.3. The van der Waals surface area contributed by atoms with E-state index < -0.39 is 27.2 Å². The fraction of sp³-hybridized carbons (Fsp3) is 0.455. The van der Waals surface area contributed by atoms with Gasteiger partial charge < -0.3 is 4.74 Å². The lowest BCUT2D eigenvalue weighted by Crippen LogP contribution is -2.28. The highest BCUT2D eigenvalue weighted by molar-refractivity contribution is 9.10. The molecule has 0 fully saturated rings. The first kappa shape index (κ1) is 15.1. The second kappa shape index (κ2) is 5.36. The quantitative estimate of drug-likeness (QED) is 0.623. The van der Waals surface area contributed by atoms with Crippen LogP contribution in [0.1, 0.15) is 20.8 Å². The standard InChI is InChI=1S/C11H14BrNO4S/c1-11(2,3)17-10(14)7-18(15,16)8-4-5-9(12)13-6-8/h4-6H,7H2,1-3H3. The van der Waals surface area contributed by atoms with Crippen molar-refractivity contribution >= 4 is 31.7 Å². The monoisotopic (exact) mass is 335 g/mol. The molecule has 1 rings (SSSR count). The van der Waals surface area contributed by atoms with Gasteiger partial charge in [-0.05, 0) is 48.8 Å². The van der Waals surface area contributed by atoms with Gasteiger partial charge >= 0.3 is 5.97 Å².